The number of primary amides is 1. The fraction of sp³-hybridized carbons (Fsp3) is 0.316. The van der Waals surface area contributed by atoms with Crippen LogP contribution in [0.2, 0.25) is 0 Å². The van der Waals surface area contributed by atoms with Gasteiger partial charge in [0.25, 0.3) is 11.8 Å². The number of nitrogens with two attached hydrogens (primary N) is 1. The Kier molecular flexibility index (Phi) is 6.54. The average Bonchev–Trinajstić information content (AvgIpc) is 3.40. The number of amides is 2. The number of carbonyl (C=O) groups is 3. The van der Waals surface area contributed by atoms with Crippen LogP contribution in [0.5, 0.6) is 0 Å². The van der Waals surface area contributed by atoms with Crippen LogP contribution in [0.3, 0.4) is 0 Å². The Hall–Kier alpha value is -2.76. The molecule has 1 aliphatic heterocycles. The summed E-state index contributed by atoms with van der Waals surface area (Å²) >= 11 is 1.12. The molecule has 2 amide bonds. The molecular weight excluding hydrogens is 430 g/mol. The lowest BCUT2D eigenvalue weighted by Crippen LogP contribution is -2.30. The van der Waals surface area contributed by atoms with Crippen LogP contribution in [0.15, 0.2) is 40.6 Å². The van der Waals surface area contributed by atoms with Crippen LogP contribution in [-0.2, 0) is 19.6 Å². The molecule has 1 aliphatic rings. The van der Waals surface area contributed by atoms with Crippen LogP contribution in [0, 0.1) is 0 Å². The molecule has 0 saturated carbocycles. The Morgan fingerprint density at radius 1 is 1.13 bits per heavy atom. The van der Waals surface area contributed by atoms with Crippen LogP contribution in [0.1, 0.15) is 40.5 Å². The topological polar surface area (TPSA) is 136 Å². The van der Waals surface area contributed by atoms with Crippen molar-refractivity contribution in [2.45, 2.75) is 30.8 Å². The monoisotopic (exact) mass is 451 g/mol. The molecule has 1 aromatic heterocycles. The smallest absolute Gasteiger partial charge is 0.338 e. The molecular formula is C19H21N3O6S2. The van der Waals surface area contributed by atoms with Gasteiger partial charge in [0.2, 0.25) is 10.0 Å². The molecule has 2 heterocycles. The van der Waals surface area contributed by atoms with E-state index in [4.69, 9.17) is 10.5 Å². The molecule has 1 fully saturated rings. The van der Waals surface area contributed by atoms with E-state index in [-0.39, 0.29) is 21.0 Å². The molecule has 1 saturated heterocycles. The van der Waals surface area contributed by atoms with Crippen molar-refractivity contribution < 1.29 is 27.5 Å². The second-order valence-corrected chi connectivity index (χ2v) is 9.55. The third-order valence-corrected chi connectivity index (χ3v) is 7.36. The minimum Gasteiger partial charge on any atom is -0.449 e. The van der Waals surface area contributed by atoms with Gasteiger partial charge in [-0.1, -0.05) is 0 Å². The summed E-state index contributed by atoms with van der Waals surface area (Å²) in [6, 6.07) is 6.87. The normalized spacial score (nSPS) is 15.5. The van der Waals surface area contributed by atoms with Gasteiger partial charge in [0, 0.05) is 13.1 Å². The van der Waals surface area contributed by atoms with E-state index in [9.17, 15) is 22.8 Å². The zero-order chi connectivity index (χ0) is 21.9. The van der Waals surface area contributed by atoms with Crippen LogP contribution in [-0.4, -0.2) is 49.7 Å². The van der Waals surface area contributed by atoms with Crippen LogP contribution < -0.4 is 11.1 Å². The highest BCUT2D eigenvalue weighted by atomic mass is 32.2. The number of rotatable bonds is 7. The van der Waals surface area contributed by atoms with Gasteiger partial charge in [0.15, 0.2) is 6.10 Å². The Balaban J connectivity index is 1.63. The molecule has 1 atom stereocenters. The van der Waals surface area contributed by atoms with E-state index in [0.717, 1.165) is 24.2 Å². The number of carbonyl (C=O) groups excluding carboxylic acids is 3. The van der Waals surface area contributed by atoms with Crippen LogP contribution in [0.25, 0.3) is 0 Å². The van der Waals surface area contributed by atoms with Gasteiger partial charge in [-0.05, 0) is 55.5 Å². The highest BCUT2D eigenvalue weighted by molar-refractivity contribution is 7.89. The average molecular weight is 452 g/mol. The van der Waals surface area contributed by atoms with E-state index in [0.29, 0.717) is 13.1 Å². The summed E-state index contributed by atoms with van der Waals surface area (Å²) in [4.78, 5) is 36.0. The lowest BCUT2D eigenvalue weighted by atomic mass is 10.2. The van der Waals surface area contributed by atoms with E-state index >= 15 is 0 Å². The SMILES string of the molecule is CC(OC(=O)c1ccc(S(=O)(=O)N2CCCC2)cc1)C(=O)Nc1sccc1C(N)=O. The maximum Gasteiger partial charge on any atom is 0.338 e. The number of thiophene rings is 1. The first-order valence-corrected chi connectivity index (χ1v) is 11.5. The Morgan fingerprint density at radius 3 is 2.37 bits per heavy atom. The van der Waals surface area contributed by atoms with Gasteiger partial charge in [0.1, 0.15) is 5.00 Å². The first kappa shape index (κ1) is 21.9. The quantitative estimate of drug-likeness (QED) is 0.616. The van der Waals surface area contributed by atoms with E-state index in [2.05, 4.69) is 5.32 Å². The van der Waals surface area contributed by atoms with Crippen molar-refractivity contribution in [1.82, 2.24) is 4.31 Å². The summed E-state index contributed by atoms with van der Waals surface area (Å²) in [7, 11) is -3.58. The van der Waals surface area contributed by atoms with Gasteiger partial charge >= 0.3 is 5.97 Å². The Labute approximate surface area is 177 Å². The van der Waals surface area contributed by atoms with Gasteiger partial charge in [-0.3, -0.25) is 9.59 Å². The van der Waals surface area contributed by atoms with Crippen molar-refractivity contribution in [3.8, 4) is 0 Å². The van der Waals surface area contributed by atoms with Crippen molar-refractivity contribution in [2.24, 2.45) is 5.73 Å². The summed E-state index contributed by atoms with van der Waals surface area (Å²) < 4.78 is 31.6. The molecule has 3 N–H and O–H groups in total. The van der Waals surface area contributed by atoms with E-state index in [1.807, 2.05) is 0 Å². The largest absolute Gasteiger partial charge is 0.449 e. The third-order valence-electron chi connectivity index (χ3n) is 4.61. The molecule has 0 bridgehead atoms. The maximum absolute atomic E-state index is 12.5. The van der Waals surface area contributed by atoms with Gasteiger partial charge in [0.05, 0.1) is 16.0 Å². The van der Waals surface area contributed by atoms with E-state index < -0.39 is 33.9 Å². The maximum atomic E-state index is 12.5. The van der Waals surface area contributed by atoms with E-state index in [1.165, 1.54) is 41.6 Å². The highest BCUT2D eigenvalue weighted by Crippen LogP contribution is 2.24. The molecule has 0 spiro atoms. The first-order chi connectivity index (χ1) is 14.2. The number of sulfonamides is 1. The Morgan fingerprint density at radius 2 is 1.77 bits per heavy atom. The van der Waals surface area contributed by atoms with Gasteiger partial charge < -0.3 is 15.8 Å². The molecule has 0 radical (unpaired) electrons. The van der Waals surface area contributed by atoms with Crippen molar-refractivity contribution in [1.29, 1.82) is 0 Å². The second kappa shape index (κ2) is 8.94. The number of benzene rings is 1. The number of esters is 1. The summed E-state index contributed by atoms with van der Waals surface area (Å²) in [6.07, 6.45) is 0.514. The standard InChI is InChI=1S/C19H21N3O6S2/c1-12(17(24)21-18-15(16(20)23)8-11-29-18)28-19(25)13-4-6-14(7-5-13)30(26,27)22-9-2-3-10-22/h4-8,11-12H,2-3,9-10H2,1H3,(H2,20,23)(H,21,24). The summed E-state index contributed by atoms with van der Waals surface area (Å²) in [5, 5.41) is 4.38. The number of anilines is 1. The van der Waals surface area contributed by atoms with Crippen molar-refractivity contribution in [3.05, 3.63) is 46.8 Å². The molecule has 1 unspecified atom stereocenters. The lowest BCUT2D eigenvalue weighted by molar-refractivity contribution is -0.123. The Bertz CT molecular complexity index is 1060. The fourth-order valence-electron chi connectivity index (χ4n) is 2.94. The fourth-order valence-corrected chi connectivity index (χ4v) is 5.25. The number of hydrogen-bond acceptors (Lipinski definition) is 7. The number of nitrogens with one attached hydrogen (secondary N) is 1. The molecule has 160 valence electrons. The predicted molar refractivity (Wildman–Crippen MR) is 111 cm³/mol. The molecule has 0 aliphatic carbocycles. The summed E-state index contributed by atoms with van der Waals surface area (Å²) in [5.41, 5.74) is 5.52. The highest BCUT2D eigenvalue weighted by Gasteiger charge is 2.27. The van der Waals surface area contributed by atoms with Gasteiger partial charge in [-0.15, -0.1) is 11.3 Å². The first-order valence-electron chi connectivity index (χ1n) is 9.19. The van der Waals surface area contributed by atoms with Gasteiger partial charge in [-0.25, -0.2) is 13.2 Å². The molecule has 30 heavy (non-hydrogen) atoms. The molecule has 9 nitrogen and oxygen atoms in total. The van der Waals surface area contributed by atoms with Crippen LogP contribution in [0.4, 0.5) is 5.00 Å². The van der Waals surface area contributed by atoms with Gasteiger partial charge in [-0.2, -0.15) is 4.31 Å². The zero-order valence-corrected chi connectivity index (χ0v) is 17.8. The third kappa shape index (κ3) is 4.69. The van der Waals surface area contributed by atoms with Crippen LogP contribution >= 0.6 is 11.3 Å². The minimum atomic E-state index is -3.58. The number of ether oxygens (including phenoxy) is 1. The van der Waals surface area contributed by atoms with Crippen molar-refractivity contribution in [3.63, 3.8) is 0 Å². The molecule has 3 rings (SSSR count). The minimum absolute atomic E-state index is 0.100. The zero-order valence-electron chi connectivity index (χ0n) is 16.2. The second-order valence-electron chi connectivity index (χ2n) is 6.70. The molecule has 2 aromatic rings. The van der Waals surface area contributed by atoms with E-state index in [1.54, 1.807) is 5.38 Å². The summed E-state index contributed by atoms with van der Waals surface area (Å²) in [5.74, 6) is -2.08. The summed E-state index contributed by atoms with van der Waals surface area (Å²) in [6.45, 7) is 2.36. The number of hydrogen-bond donors (Lipinski definition) is 2. The van der Waals surface area contributed by atoms with Crippen molar-refractivity contribution >= 4 is 44.1 Å². The number of nitrogens with zero attached hydrogens (tertiary/aromatic N) is 1. The lowest BCUT2D eigenvalue weighted by Gasteiger charge is -2.16. The molecule has 11 heteroatoms. The molecule has 1 aromatic carbocycles. The van der Waals surface area contributed by atoms with Crippen molar-refractivity contribution in [2.75, 3.05) is 18.4 Å². The predicted octanol–water partition coefficient (Wildman–Crippen LogP) is 1.82.